The molecule has 0 aromatic rings. The Morgan fingerprint density at radius 2 is 1.86 bits per heavy atom. The van der Waals surface area contributed by atoms with Crippen molar-refractivity contribution < 1.29 is 52.0 Å². The number of rotatable bonds is 5. The van der Waals surface area contributed by atoms with Gasteiger partial charge in [-0.15, -0.1) is 0 Å². The van der Waals surface area contributed by atoms with Gasteiger partial charge in [0.25, 0.3) is 0 Å². The summed E-state index contributed by atoms with van der Waals surface area (Å²) in [6.07, 6.45) is 2.56. The van der Waals surface area contributed by atoms with Crippen molar-refractivity contribution >= 4 is 5.71 Å². The molecule has 0 radical (unpaired) electrons. The topological polar surface area (TPSA) is 32.6 Å². The van der Waals surface area contributed by atoms with Crippen LogP contribution in [0.4, 0.5) is 0 Å². The van der Waals surface area contributed by atoms with E-state index < -0.39 is 5.60 Å². The van der Waals surface area contributed by atoms with Crippen LogP contribution in [0, 0.1) is 46.9 Å². The monoisotopic (exact) mass is 359 g/mol. The molecule has 1 unspecified atom stereocenters. The fourth-order valence-corrected chi connectivity index (χ4v) is 1.53. The van der Waals surface area contributed by atoms with Gasteiger partial charge < -0.3 is 5.11 Å². The Labute approximate surface area is 127 Å². The van der Waals surface area contributed by atoms with Gasteiger partial charge in [-0.25, -0.2) is 0 Å². The summed E-state index contributed by atoms with van der Waals surface area (Å²) < 4.78 is 0. The molecule has 0 aliphatic rings. The molecule has 0 spiro atoms. The van der Waals surface area contributed by atoms with Gasteiger partial charge >= 0.3 is 0 Å². The molecule has 0 aliphatic heterocycles. The molecule has 0 aliphatic carbocycles. The summed E-state index contributed by atoms with van der Waals surface area (Å²) in [6, 6.07) is 0.273. The van der Waals surface area contributed by atoms with Crippen LogP contribution in [-0.4, -0.2) is 22.5 Å². The van der Waals surface area contributed by atoms with E-state index in [1.165, 1.54) is 0 Å². The molecule has 0 saturated carbocycles. The molecular weight excluding hydrogens is 335 g/mol. The summed E-state index contributed by atoms with van der Waals surface area (Å²) in [7, 11) is 0. The van der Waals surface area contributed by atoms with E-state index in [0.717, 1.165) is 25.0 Å². The minimum atomic E-state index is -0.668. The van der Waals surface area contributed by atoms with Gasteiger partial charge in [-0.05, 0) is 33.6 Å². The summed E-state index contributed by atoms with van der Waals surface area (Å²) in [5.41, 5.74) is 0.214. The largest absolute Gasteiger partial charge is 0.384 e. The number of nitrogens with zero attached hydrogens (tertiary/aromatic N) is 1. The summed E-state index contributed by atoms with van der Waals surface area (Å²) in [5, 5.41) is 10.2. The van der Waals surface area contributed by atoms with Gasteiger partial charge in [0.05, 0.1) is 0 Å². The van der Waals surface area contributed by atoms with Gasteiger partial charge in [0.15, 0.2) is 0 Å². The van der Waals surface area contributed by atoms with E-state index in [2.05, 4.69) is 11.9 Å². The molecule has 0 rings (SSSR count). The van der Waals surface area contributed by atoms with Gasteiger partial charge in [-0.1, -0.05) is 20.3 Å². The Bertz CT molecular complexity index is 180. The second kappa shape index (κ2) is 8.32. The molecule has 0 saturated heterocycles. The molecule has 0 aromatic heterocycles. The van der Waals surface area contributed by atoms with Crippen LogP contribution in [0.15, 0.2) is 4.99 Å². The van der Waals surface area contributed by atoms with Gasteiger partial charge in [0.2, 0.25) is 0 Å². The van der Waals surface area contributed by atoms with Crippen molar-refractivity contribution in [2.75, 3.05) is 0 Å². The van der Waals surface area contributed by atoms with E-state index in [1.54, 1.807) is 0 Å². The van der Waals surface area contributed by atoms with Gasteiger partial charge in [-0.2, -0.15) is 0 Å². The maximum atomic E-state index is 10.2. The number of hydrogen-bond acceptors (Lipinski definition) is 2. The summed E-state index contributed by atoms with van der Waals surface area (Å²) in [5.74, 6) is 0. The van der Waals surface area contributed by atoms with Gasteiger partial charge in [-0.3, -0.25) is 4.99 Å². The van der Waals surface area contributed by atoms with Crippen molar-refractivity contribution in [2.24, 2.45) is 4.99 Å². The smallest absolute Gasteiger partial charge is 0.102 e. The summed E-state index contributed by atoms with van der Waals surface area (Å²) >= 11 is 0. The molecule has 1 N–H and O–H groups in total. The first-order chi connectivity index (χ1) is 5.96. The number of aliphatic hydroxyl groups is 1. The SMILES string of the molecule is CCCC(O)(CC)C(C)=NC(C)C.[Yb]. The Morgan fingerprint density at radius 3 is 2.14 bits per heavy atom. The average Bonchev–Trinajstić information content (AvgIpc) is 2.03. The third-order valence-electron chi connectivity index (χ3n) is 2.37. The van der Waals surface area contributed by atoms with Crippen molar-refractivity contribution in [3.63, 3.8) is 0 Å². The third kappa shape index (κ3) is 5.89. The minimum absolute atomic E-state index is 0. The quantitative estimate of drug-likeness (QED) is 0.753. The van der Waals surface area contributed by atoms with Gasteiger partial charge in [0, 0.05) is 58.7 Å². The molecule has 92 valence electrons. The molecule has 0 aromatic carbocycles. The Hall–Kier alpha value is 1.15. The molecule has 0 bridgehead atoms. The van der Waals surface area contributed by atoms with E-state index in [0.29, 0.717) is 0 Å². The van der Waals surface area contributed by atoms with Crippen molar-refractivity contribution in [2.45, 2.75) is 65.5 Å². The molecule has 0 fully saturated rings. The second-order valence-corrected chi connectivity index (χ2v) is 3.94. The Morgan fingerprint density at radius 1 is 1.36 bits per heavy atom. The standard InChI is InChI=1S/C11H23NO.Yb/c1-6-8-11(13,7-2)10(5)12-9(3)4;/h9,13H,6-8H2,1-5H3;. The van der Waals surface area contributed by atoms with Crippen LogP contribution in [0.5, 0.6) is 0 Å². The molecule has 0 heterocycles. The van der Waals surface area contributed by atoms with Crippen molar-refractivity contribution in [1.82, 2.24) is 0 Å². The molecule has 1 atom stereocenters. The first-order valence-electron chi connectivity index (χ1n) is 5.23. The van der Waals surface area contributed by atoms with Crippen molar-refractivity contribution in [3.8, 4) is 0 Å². The van der Waals surface area contributed by atoms with E-state index in [-0.39, 0.29) is 53.0 Å². The molecule has 2 nitrogen and oxygen atoms in total. The van der Waals surface area contributed by atoms with E-state index in [9.17, 15) is 5.11 Å². The zero-order chi connectivity index (χ0) is 10.5. The van der Waals surface area contributed by atoms with Crippen molar-refractivity contribution in [1.29, 1.82) is 0 Å². The van der Waals surface area contributed by atoms with Crippen molar-refractivity contribution in [3.05, 3.63) is 0 Å². The van der Waals surface area contributed by atoms with E-state index in [1.807, 2.05) is 27.7 Å². The fourth-order valence-electron chi connectivity index (χ4n) is 1.53. The predicted molar refractivity (Wildman–Crippen MR) is 58.4 cm³/mol. The van der Waals surface area contributed by atoms with Crippen LogP contribution in [-0.2, 0) is 0 Å². The molecule has 3 heteroatoms. The number of aliphatic imine (C=N–C) groups is 1. The number of hydrogen-bond donors (Lipinski definition) is 1. The maximum Gasteiger partial charge on any atom is 0.102 e. The van der Waals surface area contributed by atoms with Crippen LogP contribution in [0.1, 0.15) is 53.9 Å². The van der Waals surface area contributed by atoms with E-state index >= 15 is 0 Å². The Balaban J connectivity index is 0. The Kier molecular flexibility index (Phi) is 10.4. The zero-order valence-corrected chi connectivity index (χ0v) is 11.6. The third-order valence-corrected chi connectivity index (χ3v) is 2.37. The average molecular weight is 358 g/mol. The first-order valence-corrected chi connectivity index (χ1v) is 5.23. The zero-order valence-electron chi connectivity index (χ0n) is 9.86. The minimum Gasteiger partial charge on any atom is -0.384 e. The van der Waals surface area contributed by atoms with Crippen LogP contribution in [0.3, 0.4) is 0 Å². The normalized spacial score (nSPS) is 16.4. The first kappa shape index (κ1) is 17.5. The second-order valence-electron chi connectivity index (χ2n) is 3.94. The summed E-state index contributed by atoms with van der Waals surface area (Å²) in [6.45, 7) is 10.1. The molecular formula is C11H23NOYb. The molecule has 14 heavy (non-hydrogen) atoms. The van der Waals surface area contributed by atoms with Crippen LogP contribution in [0.25, 0.3) is 0 Å². The predicted octanol–water partition coefficient (Wildman–Crippen LogP) is 2.80. The van der Waals surface area contributed by atoms with E-state index in [4.69, 9.17) is 0 Å². The van der Waals surface area contributed by atoms with Crippen LogP contribution >= 0.6 is 0 Å². The molecule has 0 amide bonds. The maximum absolute atomic E-state index is 10.2. The fraction of sp³-hybridized carbons (Fsp3) is 0.909. The van der Waals surface area contributed by atoms with Crippen LogP contribution in [0.2, 0.25) is 0 Å². The van der Waals surface area contributed by atoms with Crippen LogP contribution < -0.4 is 0 Å². The van der Waals surface area contributed by atoms with Gasteiger partial charge in [0.1, 0.15) is 5.60 Å². The summed E-state index contributed by atoms with van der Waals surface area (Å²) in [4.78, 5) is 4.41.